The molecule has 0 bridgehead atoms. The lowest BCUT2D eigenvalue weighted by Gasteiger charge is -2.12. The number of esters is 1. The van der Waals surface area contributed by atoms with Gasteiger partial charge in [0.25, 0.3) is 0 Å². The highest BCUT2D eigenvalue weighted by atomic mass is 16.5. The molecule has 0 unspecified atom stereocenters. The minimum Gasteiger partial charge on any atom is -0.496 e. The van der Waals surface area contributed by atoms with Gasteiger partial charge >= 0.3 is 5.97 Å². The molecule has 0 amide bonds. The van der Waals surface area contributed by atoms with Gasteiger partial charge in [0.15, 0.2) is 5.69 Å². The van der Waals surface area contributed by atoms with Gasteiger partial charge in [-0.15, -0.1) is 0 Å². The Bertz CT molecular complexity index is 774. The van der Waals surface area contributed by atoms with Gasteiger partial charge in [0, 0.05) is 23.5 Å². The third-order valence-electron chi connectivity index (χ3n) is 3.42. The predicted molar refractivity (Wildman–Crippen MR) is 82.3 cm³/mol. The smallest absolute Gasteiger partial charge is 0.342 e. The summed E-state index contributed by atoms with van der Waals surface area (Å²) in [6, 6.07) is 1.91. The molecule has 7 heteroatoms. The summed E-state index contributed by atoms with van der Waals surface area (Å²) in [6.45, 7) is 6.11. The van der Waals surface area contributed by atoms with E-state index in [9.17, 15) is 4.79 Å². The van der Waals surface area contributed by atoms with E-state index in [1.54, 1.807) is 20.2 Å². The minimum absolute atomic E-state index is 0.0418. The molecule has 0 atom stereocenters. The lowest BCUT2D eigenvalue weighted by Crippen LogP contribution is -2.07. The van der Waals surface area contributed by atoms with Crippen LogP contribution in [0.4, 0.5) is 0 Å². The monoisotopic (exact) mass is 314 g/mol. The van der Waals surface area contributed by atoms with Crippen molar-refractivity contribution in [1.82, 2.24) is 14.8 Å². The SMILES string of the molecule is CCOC(=O)c1cn(Cc2ncc(C)c(OC)c2C)nc1C#N. The van der Waals surface area contributed by atoms with Crippen molar-refractivity contribution in [2.75, 3.05) is 13.7 Å². The number of ether oxygens (including phenoxy) is 2. The zero-order chi connectivity index (χ0) is 17.0. The third-order valence-corrected chi connectivity index (χ3v) is 3.42. The van der Waals surface area contributed by atoms with Gasteiger partial charge in [-0.25, -0.2) is 4.79 Å². The van der Waals surface area contributed by atoms with Crippen LogP contribution < -0.4 is 4.74 Å². The van der Waals surface area contributed by atoms with E-state index in [0.717, 1.165) is 22.6 Å². The molecule has 0 aliphatic carbocycles. The maximum atomic E-state index is 11.8. The molecule has 0 N–H and O–H groups in total. The van der Waals surface area contributed by atoms with Crippen molar-refractivity contribution in [3.63, 3.8) is 0 Å². The molecule has 2 aromatic rings. The van der Waals surface area contributed by atoms with Gasteiger partial charge in [-0.05, 0) is 20.8 Å². The Labute approximate surface area is 134 Å². The molecular formula is C16H18N4O3. The fourth-order valence-corrected chi connectivity index (χ4v) is 2.33. The second-order valence-electron chi connectivity index (χ2n) is 4.97. The number of methoxy groups -OCH3 is 1. The second-order valence-corrected chi connectivity index (χ2v) is 4.97. The van der Waals surface area contributed by atoms with Crippen LogP contribution in [0, 0.1) is 25.2 Å². The molecule has 0 saturated carbocycles. The van der Waals surface area contributed by atoms with Crippen molar-refractivity contribution >= 4 is 5.97 Å². The Morgan fingerprint density at radius 2 is 2.17 bits per heavy atom. The Morgan fingerprint density at radius 1 is 1.43 bits per heavy atom. The number of aromatic nitrogens is 3. The summed E-state index contributed by atoms with van der Waals surface area (Å²) in [4.78, 5) is 16.2. The van der Waals surface area contributed by atoms with Crippen molar-refractivity contribution in [3.8, 4) is 11.8 Å². The molecule has 0 aromatic carbocycles. The van der Waals surface area contributed by atoms with Gasteiger partial charge in [0.05, 0.1) is 26.0 Å². The Morgan fingerprint density at radius 3 is 2.78 bits per heavy atom. The molecular weight excluding hydrogens is 296 g/mol. The largest absolute Gasteiger partial charge is 0.496 e. The molecule has 2 rings (SSSR count). The van der Waals surface area contributed by atoms with Crippen LogP contribution in [-0.2, 0) is 11.3 Å². The third kappa shape index (κ3) is 3.31. The molecule has 23 heavy (non-hydrogen) atoms. The van der Waals surface area contributed by atoms with Crippen molar-refractivity contribution in [3.05, 3.63) is 40.5 Å². The number of carbonyl (C=O) groups excluding carboxylic acids is 1. The quantitative estimate of drug-likeness (QED) is 0.784. The summed E-state index contributed by atoms with van der Waals surface area (Å²) in [5.41, 5.74) is 2.81. The highest BCUT2D eigenvalue weighted by Crippen LogP contribution is 2.24. The van der Waals surface area contributed by atoms with E-state index in [1.807, 2.05) is 19.9 Å². The van der Waals surface area contributed by atoms with E-state index in [2.05, 4.69) is 10.1 Å². The maximum absolute atomic E-state index is 11.8. The molecule has 7 nitrogen and oxygen atoms in total. The van der Waals surface area contributed by atoms with Crippen molar-refractivity contribution in [1.29, 1.82) is 5.26 Å². The zero-order valence-corrected chi connectivity index (χ0v) is 13.6. The summed E-state index contributed by atoms with van der Waals surface area (Å²) in [5.74, 6) is 0.217. The van der Waals surface area contributed by atoms with E-state index in [1.165, 1.54) is 10.9 Å². The first-order valence-electron chi connectivity index (χ1n) is 7.15. The Kier molecular flexibility index (Phi) is 4.96. The maximum Gasteiger partial charge on any atom is 0.342 e. The minimum atomic E-state index is -0.554. The number of carbonyl (C=O) groups is 1. The highest BCUT2D eigenvalue weighted by Gasteiger charge is 2.18. The molecule has 0 aliphatic rings. The molecule has 2 aromatic heterocycles. The van der Waals surface area contributed by atoms with E-state index >= 15 is 0 Å². The van der Waals surface area contributed by atoms with E-state index in [0.29, 0.717) is 6.54 Å². The summed E-state index contributed by atoms with van der Waals surface area (Å²) in [5, 5.41) is 13.2. The number of nitriles is 1. The van der Waals surface area contributed by atoms with Crippen LogP contribution in [0.1, 0.15) is 39.8 Å². The fraction of sp³-hybridized carbons (Fsp3) is 0.375. The van der Waals surface area contributed by atoms with Crippen LogP contribution in [-0.4, -0.2) is 34.5 Å². The molecule has 0 saturated heterocycles. The first-order chi connectivity index (χ1) is 11.0. The summed E-state index contributed by atoms with van der Waals surface area (Å²) in [6.07, 6.45) is 3.23. The van der Waals surface area contributed by atoms with Crippen LogP contribution in [0.25, 0.3) is 0 Å². The fourth-order valence-electron chi connectivity index (χ4n) is 2.33. The Hall–Kier alpha value is -2.88. The van der Waals surface area contributed by atoms with Gasteiger partial charge in [-0.3, -0.25) is 9.67 Å². The lowest BCUT2D eigenvalue weighted by atomic mass is 10.1. The molecule has 2 heterocycles. The molecule has 0 radical (unpaired) electrons. The van der Waals surface area contributed by atoms with Crippen LogP contribution in [0.3, 0.4) is 0 Å². The topological polar surface area (TPSA) is 90.0 Å². The van der Waals surface area contributed by atoms with Crippen molar-refractivity contribution in [2.24, 2.45) is 0 Å². The molecule has 0 spiro atoms. The summed E-state index contributed by atoms with van der Waals surface area (Å²) >= 11 is 0. The van der Waals surface area contributed by atoms with Gasteiger partial charge in [0.2, 0.25) is 0 Å². The summed E-state index contributed by atoms with van der Waals surface area (Å²) < 4.78 is 11.8. The van der Waals surface area contributed by atoms with Crippen LogP contribution >= 0.6 is 0 Å². The van der Waals surface area contributed by atoms with Gasteiger partial charge in [0.1, 0.15) is 17.4 Å². The first-order valence-corrected chi connectivity index (χ1v) is 7.15. The highest BCUT2D eigenvalue weighted by molar-refractivity contribution is 5.91. The van der Waals surface area contributed by atoms with Crippen LogP contribution in [0.15, 0.2) is 12.4 Å². The number of aryl methyl sites for hydroxylation is 1. The van der Waals surface area contributed by atoms with Gasteiger partial charge in [-0.2, -0.15) is 10.4 Å². The molecule has 0 fully saturated rings. The first kappa shape index (κ1) is 16.5. The average Bonchev–Trinajstić information content (AvgIpc) is 2.94. The molecule has 0 aliphatic heterocycles. The van der Waals surface area contributed by atoms with E-state index in [4.69, 9.17) is 14.7 Å². The average molecular weight is 314 g/mol. The lowest BCUT2D eigenvalue weighted by molar-refractivity contribution is 0.0526. The number of hydrogen-bond donors (Lipinski definition) is 0. The van der Waals surface area contributed by atoms with E-state index in [-0.39, 0.29) is 17.9 Å². The Balaban J connectivity index is 2.35. The normalized spacial score (nSPS) is 10.2. The number of nitrogens with zero attached hydrogens (tertiary/aromatic N) is 4. The standard InChI is InChI=1S/C16H18N4O3/c1-5-23-16(21)12-8-20(19-13(12)6-17)9-14-11(3)15(22-4)10(2)7-18-14/h7-8H,5,9H2,1-4H3. The van der Waals surface area contributed by atoms with Crippen LogP contribution in [0.2, 0.25) is 0 Å². The molecule has 120 valence electrons. The van der Waals surface area contributed by atoms with Crippen molar-refractivity contribution < 1.29 is 14.3 Å². The van der Waals surface area contributed by atoms with Gasteiger partial charge < -0.3 is 9.47 Å². The number of rotatable bonds is 5. The number of hydrogen-bond acceptors (Lipinski definition) is 6. The van der Waals surface area contributed by atoms with Crippen molar-refractivity contribution in [2.45, 2.75) is 27.3 Å². The van der Waals surface area contributed by atoms with Crippen LogP contribution in [0.5, 0.6) is 5.75 Å². The predicted octanol–water partition coefficient (Wildman–Crippen LogP) is 2.00. The van der Waals surface area contributed by atoms with Gasteiger partial charge in [-0.1, -0.05) is 0 Å². The number of pyridine rings is 1. The zero-order valence-electron chi connectivity index (χ0n) is 13.6. The summed E-state index contributed by atoms with van der Waals surface area (Å²) in [7, 11) is 1.61. The van der Waals surface area contributed by atoms with E-state index < -0.39 is 5.97 Å². The second kappa shape index (κ2) is 6.92.